The number of nitrogen functional groups attached to an aromatic ring is 1. The van der Waals surface area contributed by atoms with E-state index in [2.05, 4.69) is 9.97 Å². The smallest absolute Gasteiger partial charge is 0.262 e. The zero-order valence-electron chi connectivity index (χ0n) is 8.19. The molecule has 6 nitrogen and oxygen atoms in total. The summed E-state index contributed by atoms with van der Waals surface area (Å²) in [6, 6.07) is 0. The Kier molecular flexibility index (Phi) is 3.93. The minimum atomic E-state index is 0.259. The molecule has 1 aromatic heterocycles. The van der Waals surface area contributed by atoms with Crippen molar-refractivity contribution < 1.29 is 14.2 Å². The van der Waals surface area contributed by atoms with E-state index in [0.717, 1.165) is 0 Å². The van der Waals surface area contributed by atoms with E-state index in [1.807, 2.05) is 0 Å². The number of rotatable bonds is 5. The lowest BCUT2D eigenvalue weighted by Crippen LogP contribution is -2.08. The molecule has 0 spiro atoms. The quantitative estimate of drug-likeness (QED) is 0.677. The summed E-state index contributed by atoms with van der Waals surface area (Å²) in [4.78, 5) is 7.66. The molecule has 0 aliphatic rings. The van der Waals surface area contributed by atoms with Gasteiger partial charge < -0.3 is 19.9 Å². The molecule has 0 atom stereocenters. The average molecular weight is 199 g/mol. The summed E-state index contributed by atoms with van der Waals surface area (Å²) in [7, 11) is 3.08. The van der Waals surface area contributed by atoms with Crippen molar-refractivity contribution in [1.82, 2.24) is 9.97 Å². The summed E-state index contributed by atoms with van der Waals surface area (Å²) >= 11 is 0. The van der Waals surface area contributed by atoms with E-state index in [9.17, 15) is 0 Å². The van der Waals surface area contributed by atoms with Crippen molar-refractivity contribution in [3.05, 3.63) is 6.33 Å². The van der Waals surface area contributed by atoms with Gasteiger partial charge in [-0.05, 0) is 0 Å². The maximum Gasteiger partial charge on any atom is 0.262 e. The Morgan fingerprint density at radius 2 is 2.07 bits per heavy atom. The first kappa shape index (κ1) is 10.5. The van der Waals surface area contributed by atoms with Crippen molar-refractivity contribution in [3.8, 4) is 11.6 Å². The van der Waals surface area contributed by atoms with Gasteiger partial charge in [0, 0.05) is 7.11 Å². The normalized spacial score (nSPS) is 9.86. The number of ether oxygens (including phenoxy) is 3. The molecular formula is C8H13N3O3. The number of nitrogens with zero attached hydrogens (tertiary/aromatic N) is 2. The van der Waals surface area contributed by atoms with Crippen LogP contribution in [0.4, 0.5) is 5.82 Å². The van der Waals surface area contributed by atoms with Gasteiger partial charge in [-0.25, -0.2) is 4.98 Å². The Morgan fingerprint density at radius 1 is 1.29 bits per heavy atom. The van der Waals surface area contributed by atoms with Crippen LogP contribution in [0.15, 0.2) is 6.33 Å². The Balaban J connectivity index is 2.70. The summed E-state index contributed by atoms with van der Waals surface area (Å²) in [5.74, 6) is 0.940. The van der Waals surface area contributed by atoms with Gasteiger partial charge in [-0.15, -0.1) is 0 Å². The van der Waals surface area contributed by atoms with Gasteiger partial charge in [0.2, 0.25) is 5.75 Å². The zero-order chi connectivity index (χ0) is 10.4. The third kappa shape index (κ3) is 2.46. The summed E-state index contributed by atoms with van der Waals surface area (Å²) in [6.07, 6.45) is 1.32. The van der Waals surface area contributed by atoms with Crippen molar-refractivity contribution in [3.63, 3.8) is 0 Å². The zero-order valence-corrected chi connectivity index (χ0v) is 8.19. The van der Waals surface area contributed by atoms with Gasteiger partial charge in [0.05, 0.1) is 13.7 Å². The first-order valence-electron chi connectivity index (χ1n) is 4.05. The molecule has 0 aromatic carbocycles. The van der Waals surface area contributed by atoms with E-state index < -0.39 is 0 Å². The third-order valence-electron chi connectivity index (χ3n) is 1.53. The first-order chi connectivity index (χ1) is 6.79. The molecule has 0 aliphatic heterocycles. The minimum Gasteiger partial charge on any atom is -0.489 e. The Morgan fingerprint density at radius 3 is 2.71 bits per heavy atom. The molecule has 0 aliphatic carbocycles. The molecule has 0 unspecified atom stereocenters. The number of methoxy groups -OCH3 is 2. The number of anilines is 1. The van der Waals surface area contributed by atoms with Gasteiger partial charge in [0.25, 0.3) is 5.88 Å². The van der Waals surface area contributed by atoms with Gasteiger partial charge in [-0.1, -0.05) is 0 Å². The number of nitrogens with two attached hydrogens (primary N) is 1. The van der Waals surface area contributed by atoms with Crippen molar-refractivity contribution >= 4 is 5.82 Å². The highest BCUT2D eigenvalue weighted by molar-refractivity contribution is 5.51. The van der Waals surface area contributed by atoms with Crippen LogP contribution in [0, 0.1) is 0 Å². The molecule has 14 heavy (non-hydrogen) atoms. The highest BCUT2D eigenvalue weighted by Gasteiger charge is 2.10. The topological polar surface area (TPSA) is 79.5 Å². The predicted octanol–water partition coefficient (Wildman–Crippen LogP) is 0.0926. The average Bonchev–Trinajstić information content (AvgIpc) is 2.18. The molecule has 1 heterocycles. The van der Waals surface area contributed by atoms with Crippen LogP contribution in [0.2, 0.25) is 0 Å². The molecule has 0 fully saturated rings. The summed E-state index contributed by atoms with van der Waals surface area (Å²) < 4.78 is 15.1. The van der Waals surface area contributed by atoms with Crippen LogP contribution in [0.25, 0.3) is 0 Å². The molecule has 0 saturated carbocycles. The lowest BCUT2D eigenvalue weighted by Gasteiger charge is -2.09. The molecule has 6 heteroatoms. The van der Waals surface area contributed by atoms with Crippen LogP contribution in [0.5, 0.6) is 11.6 Å². The molecule has 0 saturated heterocycles. The summed E-state index contributed by atoms with van der Waals surface area (Å²) in [6.45, 7) is 0.871. The number of hydrogen-bond donors (Lipinski definition) is 1. The fourth-order valence-electron chi connectivity index (χ4n) is 0.887. The molecule has 78 valence electrons. The second-order valence-electron chi connectivity index (χ2n) is 2.44. The van der Waals surface area contributed by atoms with Crippen LogP contribution >= 0.6 is 0 Å². The maximum absolute atomic E-state index is 5.55. The Bertz CT molecular complexity index is 293. The molecule has 0 amide bonds. The van der Waals surface area contributed by atoms with Crippen molar-refractivity contribution in [2.45, 2.75) is 0 Å². The fraction of sp³-hybridized carbons (Fsp3) is 0.500. The van der Waals surface area contributed by atoms with Gasteiger partial charge in [0.1, 0.15) is 12.9 Å². The van der Waals surface area contributed by atoms with E-state index in [1.165, 1.54) is 13.4 Å². The third-order valence-corrected chi connectivity index (χ3v) is 1.53. The van der Waals surface area contributed by atoms with Gasteiger partial charge >= 0.3 is 0 Å². The van der Waals surface area contributed by atoms with E-state index in [1.54, 1.807) is 7.11 Å². The molecular weight excluding hydrogens is 186 g/mol. The molecule has 1 rings (SSSR count). The van der Waals surface area contributed by atoms with E-state index in [4.69, 9.17) is 19.9 Å². The van der Waals surface area contributed by atoms with Crippen molar-refractivity contribution in [1.29, 1.82) is 0 Å². The number of aromatic nitrogens is 2. The van der Waals surface area contributed by atoms with Crippen LogP contribution in [0.1, 0.15) is 0 Å². The monoisotopic (exact) mass is 199 g/mol. The second-order valence-corrected chi connectivity index (χ2v) is 2.44. The van der Waals surface area contributed by atoms with Crippen LogP contribution in [-0.4, -0.2) is 37.4 Å². The minimum absolute atomic E-state index is 0.259. The van der Waals surface area contributed by atoms with E-state index >= 15 is 0 Å². The number of hydrogen-bond acceptors (Lipinski definition) is 6. The van der Waals surface area contributed by atoms with Gasteiger partial charge in [-0.3, -0.25) is 0 Å². The SMILES string of the molecule is COCCOc1ncnc(N)c1OC. The Hall–Kier alpha value is -1.56. The maximum atomic E-state index is 5.55. The van der Waals surface area contributed by atoms with Gasteiger partial charge in [-0.2, -0.15) is 4.98 Å². The van der Waals surface area contributed by atoms with Crippen LogP contribution < -0.4 is 15.2 Å². The van der Waals surface area contributed by atoms with E-state index in [-0.39, 0.29) is 5.82 Å². The van der Waals surface area contributed by atoms with Gasteiger partial charge in [0.15, 0.2) is 5.82 Å². The lowest BCUT2D eigenvalue weighted by molar-refractivity contribution is 0.141. The molecule has 0 radical (unpaired) electrons. The van der Waals surface area contributed by atoms with E-state index in [0.29, 0.717) is 24.8 Å². The standard InChI is InChI=1S/C8H13N3O3/c1-12-3-4-14-8-6(13-2)7(9)10-5-11-8/h5H,3-4H2,1-2H3,(H2,9,10,11). The second kappa shape index (κ2) is 5.23. The largest absolute Gasteiger partial charge is 0.489 e. The summed E-state index contributed by atoms with van der Waals surface area (Å²) in [5, 5.41) is 0. The highest BCUT2D eigenvalue weighted by Crippen LogP contribution is 2.28. The lowest BCUT2D eigenvalue weighted by atomic mass is 10.5. The fourth-order valence-corrected chi connectivity index (χ4v) is 0.887. The highest BCUT2D eigenvalue weighted by atomic mass is 16.5. The Labute approximate surface area is 82.0 Å². The first-order valence-corrected chi connectivity index (χ1v) is 4.05. The van der Waals surface area contributed by atoms with Crippen LogP contribution in [0.3, 0.4) is 0 Å². The summed E-state index contributed by atoms with van der Waals surface area (Å²) in [5.41, 5.74) is 5.55. The van der Waals surface area contributed by atoms with Crippen LogP contribution in [-0.2, 0) is 4.74 Å². The molecule has 0 bridgehead atoms. The van der Waals surface area contributed by atoms with Crippen molar-refractivity contribution in [2.24, 2.45) is 0 Å². The predicted molar refractivity (Wildman–Crippen MR) is 50.4 cm³/mol. The molecule has 1 aromatic rings. The van der Waals surface area contributed by atoms with Crippen molar-refractivity contribution in [2.75, 3.05) is 33.2 Å². The molecule has 2 N–H and O–H groups in total.